The van der Waals surface area contributed by atoms with E-state index in [1.54, 1.807) is 6.33 Å². The molecule has 6 nitrogen and oxygen atoms in total. The summed E-state index contributed by atoms with van der Waals surface area (Å²) < 4.78 is 21.0. The number of hydrogen-bond acceptors (Lipinski definition) is 5. The molecule has 0 spiro atoms. The lowest BCUT2D eigenvalue weighted by atomic mass is 10.1. The average Bonchev–Trinajstić information content (AvgIpc) is 2.94. The molecule has 7 heteroatoms. The lowest BCUT2D eigenvalue weighted by molar-refractivity contribution is -0.0386. The lowest BCUT2D eigenvalue weighted by Crippen LogP contribution is -2.38. The molecule has 22 heavy (non-hydrogen) atoms. The molecule has 1 atom stereocenters. The van der Waals surface area contributed by atoms with Crippen molar-refractivity contribution in [1.82, 2.24) is 19.7 Å². The quantitative estimate of drug-likeness (QED) is 0.857. The molecule has 114 valence electrons. The van der Waals surface area contributed by atoms with Crippen LogP contribution in [0.4, 0.5) is 4.39 Å². The van der Waals surface area contributed by atoms with Crippen molar-refractivity contribution < 1.29 is 9.13 Å². The van der Waals surface area contributed by atoms with E-state index >= 15 is 0 Å². The van der Waals surface area contributed by atoms with E-state index < -0.39 is 0 Å². The molecule has 2 heterocycles. The Bertz CT molecular complexity index is 708. The molecule has 1 aromatic heterocycles. The SMILES string of the molecule is Cn1cnnc1[C@H]1CN(Cc2cc(F)ccc2C#N)CCO1. The van der Waals surface area contributed by atoms with Crippen molar-refractivity contribution in [3.05, 3.63) is 47.3 Å². The van der Waals surface area contributed by atoms with Crippen LogP contribution in [0.3, 0.4) is 0 Å². The molecule has 0 unspecified atom stereocenters. The van der Waals surface area contributed by atoms with E-state index in [4.69, 9.17) is 10.00 Å². The largest absolute Gasteiger partial charge is 0.368 e. The van der Waals surface area contributed by atoms with Gasteiger partial charge >= 0.3 is 0 Å². The molecule has 2 aromatic rings. The maximum atomic E-state index is 13.4. The van der Waals surface area contributed by atoms with E-state index in [-0.39, 0.29) is 11.9 Å². The Hall–Kier alpha value is -2.30. The number of nitrogens with zero attached hydrogens (tertiary/aromatic N) is 5. The number of morpholine rings is 1. The van der Waals surface area contributed by atoms with Gasteiger partial charge in [-0.2, -0.15) is 5.26 Å². The fourth-order valence-corrected chi connectivity index (χ4v) is 2.63. The van der Waals surface area contributed by atoms with Gasteiger partial charge < -0.3 is 9.30 Å². The van der Waals surface area contributed by atoms with Crippen LogP contribution in [0.1, 0.15) is 23.1 Å². The van der Waals surface area contributed by atoms with Gasteiger partial charge in [0.2, 0.25) is 0 Å². The van der Waals surface area contributed by atoms with Crippen molar-refractivity contribution in [2.24, 2.45) is 7.05 Å². The van der Waals surface area contributed by atoms with Crippen molar-refractivity contribution in [3.8, 4) is 6.07 Å². The topological polar surface area (TPSA) is 67.0 Å². The summed E-state index contributed by atoms with van der Waals surface area (Å²) in [5, 5.41) is 17.1. The molecule has 1 aliphatic heterocycles. The number of rotatable bonds is 3. The molecule has 0 bridgehead atoms. The summed E-state index contributed by atoms with van der Waals surface area (Å²) in [6.07, 6.45) is 1.47. The summed E-state index contributed by atoms with van der Waals surface area (Å²) in [5.41, 5.74) is 1.20. The second-order valence-electron chi connectivity index (χ2n) is 5.31. The highest BCUT2D eigenvalue weighted by Gasteiger charge is 2.25. The van der Waals surface area contributed by atoms with Gasteiger partial charge in [0.1, 0.15) is 18.2 Å². The van der Waals surface area contributed by atoms with Crippen LogP contribution in [0.25, 0.3) is 0 Å². The number of ether oxygens (including phenoxy) is 1. The summed E-state index contributed by atoms with van der Waals surface area (Å²) >= 11 is 0. The summed E-state index contributed by atoms with van der Waals surface area (Å²) in [7, 11) is 1.87. The van der Waals surface area contributed by atoms with Gasteiger partial charge in [-0.25, -0.2) is 4.39 Å². The van der Waals surface area contributed by atoms with Gasteiger partial charge in [-0.15, -0.1) is 10.2 Å². The Kier molecular flexibility index (Phi) is 4.13. The van der Waals surface area contributed by atoms with Crippen molar-refractivity contribution in [2.45, 2.75) is 12.6 Å². The van der Waals surface area contributed by atoms with Gasteiger partial charge in [0.15, 0.2) is 5.82 Å². The second kappa shape index (κ2) is 6.22. The predicted molar refractivity (Wildman–Crippen MR) is 76.1 cm³/mol. The van der Waals surface area contributed by atoms with Crippen molar-refractivity contribution >= 4 is 0 Å². The molecule has 0 amide bonds. The molecular formula is C15H16FN5O. The Morgan fingerprint density at radius 3 is 3.09 bits per heavy atom. The van der Waals surface area contributed by atoms with E-state index in [0.717, 1.165) is 12.4 Å². The van der Waals surface area contributed by atoms with E-state index in [9.17, 15) is 4.39 Å². The smallest absolute Gasteiger partial charge is 0.163 e. The molecule has 0 saturated carbocycles. The molecule has 1 aliphatic rings. The number of hydrogen-bond donors (Lipinski definition) is 0. The number of aryl methyl sites for hydroxylation is 1. The summed E-state index contributed by atoms with van der Waals surface area (Å²) in [6.45, 7) is 2.44. The van der Waals surface area contributed by atoms with Crippen LogP contribution in [0.2, 0.25) is 0 Å². The normalized spacial score (nSPS) is 19.0. The van der Waals surface area contributed by atoms with Crippen LogP contribution in [-0.2, 0) is 18.3 Å². The summed E-state index contributed by atoms with van der Waals surface area (Å²) in [4.78, 5) is 2.14. The number of nitriles is 1. The van der Waals surface area contributed by atoms with Crippen LogP contribution in [0.15, 0.2) is 24.5 Å². The van der Waals surface area contributed by atoms with Crippen molar-refractivity contribution in [2.75, 3.05) is 19.7 Å². The fourth-order valence-electron chi connectivity index (χ4n) is 2.63. The maximum absolute atomic E-state index is 13.4. The van der Waals surface area contributed by atoms with Gasteiger partial charge in [-0.3, -0.25) is 4.90 Å². The third kappa shape index (κ3) is 2.98. The Morgan fingerprint density at radius 1 is 1.50 bits per heavy atom. The highest BCUT2D eigenvalue weighted by molar-refractivity contribution is 5.37. The minimum Gasteiger partial charge on any atom is -0.368 e. The zero-order chi connectivity index (χ0) is 15.5. The van der Waals surface area contributed by atoms with Crippen LogP contribution < -0.4 is 0 Å². The van der Waals surface area contributed by atoms with Gasteiger partial charge in [0.25, 0.3) is 0 Å². The number of halogens is 1. The Balaban J connectivity index is 1.75. The van der Waals surface area contributed by atoms with Gasteiger partial charge in [0.05, 0.1) is 18.2 Å². The van der Waals surface area contributed by atoms with E-state index in [1.807, 2.05) is 11.6 Å². The van der Waals surface area contributed by atoms with Gasteiger partial charge in [-0.1, -0.05) is 0 Å². The summed E-state index contributed by atoms with van der Waals surface area (Å²) in [5.74, 6) is 0.441. The van der Waals surface area contributed by atoms with Crippen LogP contribution in [0.5, 0.6) is 0 Å². The van der Waals surface area contributed by atoms with E-state index in [2.05, 4.69) is 21.2 Å². The zero-order valence-electron chi connectivity index (χ0n) is 12.2. The van der Waals surface area contributed by atoms with E-state index in [1.165, 1.54) is 18.2 Å². The van der Waals surface area contributed by atoms with Crippen LogP contribution in [-0.4, -0.2) is 39.4 Å². The average molecular weight is 301 g/mol. The Morgan fingerprint density at radius 2 is 2.36 bits per heavy atom. The second-order valence-corrected chi connectivity index (χ2v) is 5.31. The minimum atomic E-state index is -0.327. The van der Waals surface area contributed by atoms with Crippen molar-refractivity contribution in [1.29, 1.82) is 5.26 Å². The lowest BCUT2D eigenvalue weighted by Gasteiger charge is -2.32. The maximum Gasteiger partial charge on any atom is 0.163 e. The molecule has 0 radical (unpaired) electrons. The zero-order valence-corrected chi connectivity index (χ0v) is 12.2. The first kappa shape index (κ1) is 14.6. The molecule has 1 aromatic carbocycles. The highest BCUT2D eigenvalue weighted by atomic mass is 19.1. The molecular weight excluding hydrogens is 285 g/mol. The summed E-state index contributed by atoms with van der Waals surface area (Å²) in [6, 6.07) is 6.36. The third-order valence-electron chi connectivity index (χ3n) is 3.77. The van der Waals surface area contributed by atoms with Gasteiger partial charge in [-0.05, 0) is 23.8 Å². The number of benzene rings is 1. The van der Waals surface area contributed by atoms with Crippen LogP contribution >= 0.6 is 0 Å². The molecule has 1 saturated heterocycles. The Labute approximate surface area is 127 Å². The molecule has 0 aliphatic carbocycles. The first-order valence-corrected chi connectivity index (χ1v) is 7.03. The number of aromatic nitrogens is 3. The first-order chi connectivity index (χ1) is 10.7. The predicted octanol–water partition coefficient (Wildman–Crippen LogP) is 1.40. The molecule has 1 fully saturated rings. The molecule has 3 rings (SSSR count). The van der Waals surface area contributed by atoms with Gasteiger partial charge in [0, 0.05) is 26.7 Å². The third-order valence-corrected chi connectivity index (χ3v) is 3.77. The van der Waals surface area contributed by atoms with E-state index in [0.29, 0.717) is 30.8 Å². The standard InChI is InChI=1S/C15H16FN5O/c1-20-10-18-19-15(20)14-9-21(4-5-22-14)8-12-6-13(16)3-2-11(12)7-17/h2-3,6,10,14H,4-5,8-9H2,1H3/t14-/m1/s1. The minimum absolute atomic E-state index is 0.166. The highest BCUT2D eigenvalue weighted by Crippen LogP contribution is 2.22. The van der Waals surface area contributed by atoms with Crippen LogP contribution in [0, 0.1) is 17.1 Å². The monoisotopic (exact) mass is 301 g/mol. The molecule has 0 N–H and O–H groups in total. The fraction of sp³-hybridized carbons (Fsp3) is 0.400. The first-order valence-electron chi connectivity index (χ1n) is 7.03. The van der Waals surface area contributed by atoms with Crippen molar-refractivity contribution in [3.63, 3.8) is 0 Å².